The number of aromatic nitrogens is 2. The van der Waals surface area contributed by atoms with Gasteiger partial charge in [0.15, 0.2) is 0 Å². The Labute approximate surface area is 162 Å². The van der Waals surface area contributed by atoms with Gasteiger partial charge in [-0.05, 0) is 37.0 Å². The molecule has 1 aromatic heterocycles. The number of carbonyl (C=O) groups is 2. The number of ether oxygens (including phenoxy) is 1. The average molecular weight is 388 g/mol. The number of nitrogens with one attached hydrogen (secondary N) is 2. The average Bonchev–Trinajstić information content (AvgIpc) is 3.31. The summed E-state index contributed by atoms with van der Waals surface area (Å²) in [5.74, 6) is -0.0464. The zero-order chi connectivity index (χ0) is 19.2. The Morgan fingerprint density at radius 3 is 2.89 bits per heavy atom. The fraction of sp³-hybridized carbons (Fsp3) is 0.474. The van der Waals surface area contributed by atoms with Gasteiger partial charge in [-0.25, -0.2) is 0 Å². The van der Waals surface area contributed by atoms with E-state index in [2.05, 4.69) is 34.7 Å². The van der Waals surface area contributed by atoms with E-state index >= 15 is 0 Å². The molecular formula is C19H24N4O3S. The molecule has 2 amide bonds. The van der Waals surface area contributed by atoms with Crippen molar-refractivity contribution in [2.45, 2.75) is 39.2 Å². The fourth-order valence-corrected chi connectivity index (χ4v) is 3.76. The van der Waals surface area contributed by atoms with Gasteiger partial charge >= 0.3 is 0 Å². The lowest BCUT2D eigenvalue weighted by Crippen LogP contribution is -2.31. The standard InChI is InChI=1S/C19H24N4O3S/c1-12(2)9-16-22-23-19(27-16)18(25)21-14-6-3-5-13(10-14)17(24)20-11-15-7-4-8-26-15/h3,5-6,10,12,15H,4,7-9,11H2,1-2H3,(H,20,24)(H,21,25)/t15-/m0/s1. The van der Waals surface area contributed by atoms with Crippen molar-refractivity contribution in [3.63, 3.8) is 0 Å². The van der Waals surface area contributed by atoms with Crippen LogP contribution in [-0.2, 0) is 11.2 Å². The molecule has 0 saturated carbocycles. The second-order valence-corrected chi connectivity index (χ2v) is 8.04. The lowest BCUT2D eigenvalue weighted by atomic mass is 10.1. The molecule has 8 heteroatoms. The molecule has 0 unspecified atom stereocenters. The molecule has 7 nitrogen and oxygen atoms in total. The van der Waals surface area contributed by atoms with E-state index < -0.39 is 0 Å². The predicted octanol–water partition coefficient (Wildman–Crippen LogP) is 2.90. The van der Waals surface area contributed by atoms with Crippen LogP contribution in [-0.4, -0.2) is 41.3 Å². The van der Waals surface area contributed by atoms with Crippen molar-refractivity contribution in [3.05, 3.63) is 39.8 Å². The number of nitrogens with zero attached hydrogens (tertiary/aromatic N) is 2. The van der Waals surface area contributed by atoms with Crippen molar-refractivity contribution in [3.8, 4) is 0 Å². The van der Waals surface area contributed by atoms with Crippen LogP contribution in [0, 0.1) is 5.92 Å². The Morgan fingerprint density at radius 1 is 1.30 bits per heavy atom. The van der Waals surface area contributed by atoms with E-state index in [0.717, 1.165) is 30.9 Å². The highest BCUT2D eigenvalue weighted by molar-refractivity contribution is 7.13. The second kappa shape index (κ2) is 9.05. The van der Waals surface area contributed by atoms with Gasteiger partial charge < -0.3 is 15.4 Å². The van der Waals surface area contributed by atoms with E-state index in [9.17, 15) is 9.59 Å². The zero-order valence-electron chi connectivity index (χ0n) is 15.5. The van der Waals surface area contributed by atoms with Gasteiger partial charge in [-0.15, -0.1) is 10.2 Å². The first-order chi connectivity index (χ1) is 13.0. The number of anilines is 1. The van der Waals surface area contributed by atoms with Crippen LogP contribution in [0.1, 0.15) is 51.9 Å². The highest BCUT2D eigenvalue weighted by Crippen LogP contribution is 2.17. The molecule has 2 N–H and O–H groups in total. The third kappa shape index (κ3) is 5.58. The maximum absolute atomic E-state index is 12.4. The van der Waals surface area contributed by atoms with E-state index in [0.29, 0.717) is 28.7 Å². The van der Waals surface area contributed by atoms with E-state index in [1.807, 2.05) is 0 Å². The quantitative estimate of drug-likeness (QED) is 0.761. The van der Waals surface area contributed by atoms with Crippen LogP contribution in [0.2, 0.25) is 0 Å². The van der Waals surface area contributed by atoms with Crippen molar-refractivity contribution in [1.29, 1.82) is 0 Å². The summed E-state index contributed by atoms with van der Waals surface area (Å²) in [5.41, 5.74) is 1.04. The third-order valence-corrected chi connectivity index (χ3v) is 5.09. The van der Waals surface area contributed by atoms with Crippen molar-refractivity contribution < 1.29 is 14.3 Å². The molecule has 1 aromatic carbocycles. The first kappa shape index (κ1) is 19.4. The molecule has 1 aliphatic heterocycles. The molecule has 1 saturated heterocycles. The van der Waals surface area contributed by atoms with E-state index in [1.165, 1.54) is 11.3 Å². The summed E-state index contributed by atoms with van der Waals surface area (Å²) in [7, 11) is 0. The van der Waals surface area contributed by atoms with Crippen LogP contribution < -0.4 is 10.6 Å². The Hall–Kier alpha value is -2.32. The van der Waals surface area contributed by atoms with Gasteiger partial charge in [-0.1, -0.05) is 31.3 Å². The van der Waals surface area contributed by atoms with Crippen molar-refractivity contribution in [2.24, 2.45) is 5.92 Å². The molecule has 0 radical (unpaired) electrons. The largest absolute Gasteiger partial charge is 0.376 e. The van der Waals surface area contributed by atoms with Crippen LogP contribution in [0.3, 0.4) is 0 Å². The van der Waals surface area contributed by atoms with E-state index in [4.69, 9.17) is 4.74 Å². The molecule has 1 aliphatic rings. The molecule has 144 valence electrons. The van der Waals surface area contributed by atoms with Gasteiger partial charge in [0.2, 0.25) is 5.01 Å². The molecule has 1 atom stereocenters. The summed E-state index contributed by atoms with van der Waals surface area (Å²) in [6, 6.07) is 6.84. The lowest BCUT2D eigenvalue weighted by Gasteiger charge is -2.11. The minimum atomic E-state index is -0.320. The van der Waals surface area contributed by atoms with Crippen molar-refractivity contribution in [2.75, 3.05) is 18.5 Å². The van der Waals surface area contributed by atoms with Gasteiger partial charge in [-0.2, -0.15) is 0 Å². The van der Waals surface area contributed by atoms with Gasteiger partial charge in [-0.3, -0.25) is 9.59 Å². The molecule has 3 rings (SSSR count). The maximum Gasteiger partial charge on any atom is 0.286 e. The highest BCUT2D eigenvalue weighted by Gasteiger charge is 2.17. The smallest absolute Gasteiger partial charge is 0.286 e. The molecule has 0 aliphatic carbocycles. The number of hydrogen-bond acceptors (Lipinski definition) is 6. The van der Waals surface area contributed by atoms with Crippen molar-refractivity contribution in [1.82, 2.24) is 15.5 Å². The Balaban J connectivity index is 1.58. The topological polar surface area (TPSA) is 93.2 Å². The van der Waals surface area contributed by atoms with Gasteiger partial charge in [0.1, 0.15) is 5.01 Å². The summed E-state index contributed by atoms with van der Waals surface area (Å²) in [5, 5.41) is 14.8. The van der Waals surface area contributed by atoms with Crippen LogP contribution in [0.4, 0.5) is 5.69 Å². The monoisotopic (exact) mass is 388 g/mol. The number of hydrogen-bond donors (Lipinski definition) is 2. The molecule has 2 heterocycles. The normalized spacial score (nSPS) is 16.5. The SMILES string of the molecule is CC(C)Cc1nnc(C(=O)Nc2cccc(C(=O)NC[C@@H]3CCCO3)c2)s1. The van der Waals surface area contributed by atoms with Crippen LogP contribution in [0.5, 0.6) is 0 Å². The summed E-state index contributed by atoms with van der Waals surface area (Å²) in [6.07, 6.45) is 2.89. The van der Waals surface area contributed by atoms with Gasteiger partial charge in [0.05, 0.1) is 6.10 Å². The van der Waals surface area contributed by atoms with E-state index in [-0.39, 0.29) is 17.9 Å². The van der Waals surface area contributed by atoms with Crippen LogP contribution in [0.25, 0.3) is 0 Å². The Bertz CT molecular complexity index is 800. The minimum absolute atomic E-state index is 0.0919. The number of rotatable bonds is 7. The number of carbonyl (C=O) groups excluding carboxylic acids is 2. The van der Waals surface area contributed by atoms with Crippen molar-refractivity contribution >= 4 is 28.8 Å². The molecule has 1 fully saturated rings. The molecule has 0 bridgehead atoms. The van der Waals surface area contributed by atoms with Gasteiger partial charge in [0.25, 0.3) is 11.8 Å². The summed E-state index contributed by atoms with van der Waals surface area (Å²) in [4.78, 5) is 24.7. The lowest BCUT2D eigenvalue weighted by molar-refractivity contribution is 0.0857. The first-order valence-corrected chi connectivity index (χ1v) is 9.96. The maximum atomic E-state index is 12.4. The first-order valence-electron chi connectivity index (χ1n) is 9.15. The Kier molecular flexibility index (Phi) is 6.52. The highest BCUT2D eigenvalue weighted by atomic mass is 32.1. The zero-order valence-corrected chi connectivity index (χ0v) is 16.3. The molecule has 27 heavy (non-hydrogen) atoms. The van der Waals surface area contributed by atoms with Crippen LogP contribution >= 0.6 is 11.3 Å². The fourth-order valence-electron chi connectivity index (χ4n) is 2.81. The summed E-state index contributed by atoms with van der Waals surface area (Å²) in [6.45, 7) is 5.44. The molecule has 2 aromatic rings. The predicted molar refractivity (Wildman–Crippen MR) is 104 cm³/mol. The summed E-state index contributed by atoms with van der Waals surface area (Å²) >= 11 is 1.29. The van der Waals surface area contributed by atoms with E-state index in [1.54, 1.807) is 24.3 Å². The third-order valence-electron chi connectivity index (χ3n) is 4.14. The number of amides is 2. The Morgan fingerprint density at radius 2 is 2.15 bits per heavy atom. The summed E-state index contributed by atoms with van der Waals surface area (Å²) < 4.78 is 5.51. The second-order valence-electron chi connectivity index (χ2n) is 6.98. The molecule has 0 spiro atoms. The molecular weight excluding hydrogens is 364 g/mol. The van der Waals surface area contributed by atoms with Gasteiger partial charge in [0, 0.05) is 30.8 Å². The van der Waals surface area contributed by atoms with Crippen LogP contribution in [0.15, 0.2) is 24.3 Å². The minimum Gasteiger partial charge on any atom is -0.376 e. The number of benzene rings is 1.